The van der Waals surface area contributed by atoms with Gasteiger partial charge >= 0.3 is 47.7 Å². The molecule has 0 radical (unpaired) electrons. The van der Waals surface area contributed by atoms with E-state index in [2.05, 4.69) is 4.74 Å². The van der Waals surface area contributed by atoms with Crippen molar-refractivity contribution < 1.29 is 98.6 Å². The Kier molecular flexibility index (Phi) is 10.3. The monoisotopic (exact) mass is 850 g/mol. The molecule has 282 valence electrons. The Bertz CT molecular complexity index is 1790. The van der Waals surface area contributed by atoms with Crippen LogP contribution in [0.3, 0.4) is 0 Å². The van der Waals surface area contributed by atoms with Crippen LogP contribution in [0, 0.1) is 0 Å². The number of ether oxygens (including phenoxy) is 1. The van der Waals surface area contributed by atoms with Gasteiger partial charge in [-0.15, -0.1) is 0 Å². The highest BCUT2D eigenvalue weighted by molar-refractivity contribution is 6.63. The lowest BCUT2D eigenvalue weighted by Crippen LogP contribution is -2.72. The van der Waals surface area contributed by atoms with E-state index in [4.69, 9.17) is 46.4 Å². The van der Waals surface area contributed by atoms with Crippen LogP contribution in [0.2, 0.25) is 0 Å². The highest BCUT2D eigenvalue weighted by Crippen LogP contribution is 2.63. The molecule has 0 spiro atoms. The zero-order valence-electron chi connectivity index (χ0n) is 22.6. The molecule has 0 unspecified atom stereocenters. The summed E-state index contributed by atoms with van der Waals surface area (Å²) in [4.78, 5) is 49.1. The maximum absolute atomic E-state index is 14.7. The molecule has 0 saturated carbocycles. The van der Waals surface area contributed by atoms with Crippen LogP contribution in [-0.2, 0) is 19.2 Å². The van der Waals surface area contributed by atoms with Gasteiger partial charge in [-0.05, 0) is 12.1 Å². The number of anilines is 2. The van der Waals surface area contributed by atoms with Crippen molar-refractivity contribution in [3.05, 3.63) is 50.2 Å². The summed E-state index contributed by atoms with van der Waals surface area (Å²) in [5.41, 5.74) is -2.40. The van der Waals surface area contributed by atoms with Crippen LogP contribution in [0.1, 0.15) is 0 Å². The molecule has 1 aromatic rings. The van der Waals surface area contributed by atoms with Crippen molar-refractivity contribution in [1.82, 2.24) is 0 Å². The predicted molar refractivity (Wildman–Crippen MR) is 134 cm³/mol. The minimum absolute atomic E-state index is 0.0167. The summed E-state index contributed by atoms with van der Waals surface area (Å²) in [5.74, 6) is -64.4. The Morgan fingerprint density at radius 3 is 1.27 bits per heavy atom. The average Bonchev–Trinajstić information content (AvgIpc) is 3.32. The minimum atomic E-state index is -8.85. The van der Waals surface area contributed by atoms with Gasteiger partial charge < -0.3 is 4.74 Å². The van der Waals surface area contributed by atoms with Crippen molar-refractivity contribution in [2.45, 2.75) is 41.7 Å². The number of halogens is 21. The SMILES string of the molecule is O=C1C(Cl)=C(Cl)C(=O)N1c1ccc(N2C(=O)C(Cl)=C(Cl)C2=O)c(OC(F)=C(F)C(F)(F)C(F)(F)C(F)(F)C(F)(F)C(F)(F)C(F)(F)C(F)(F)F)c1. The maximum atomic E-state index is 14.7. The van der Waals surface area contributed by atoms with Crippen LogP contribution in [-0.4, -0.2) is 65.3 Å². The van der Waals surface area contributed by atoms with E-state index in [-0.39, 0.29) is 21.9 Å². The van der Waals surface area contributed by atoms with Gasteiger partial charge in [0.1, 0.15) is 20.1 Å². The first-order valence-electron chi connectivity index (χ1n) is 11.8. The van der Waals surface area contributed by atoms with E-state index in [0.29, 0.717) is 6.07 Å². The molecule has 4 amide bonds. The highest BCUT2D eigenvalue weighted by Gasteiger charge is 2.94. The van der Waals surface area contributed by atoms with Gasteiger partial charge in [0.15, 0.2) is 5.75 Å². The fourth-order valence-corrected chi connectivity index (χ4v) is 4.35. The fraction of sp³-hybridized carbons (Fsp3) is 0.304. The van der Waals surface area contributed by atoms with Crippen molar-refractivity contribution in [3.8, 4) is 5.75 Å². The average molecular weight is 852 g/mol. The van der Waals surface area contributed by atoms with Gasteiger partial charge in [0.05, 0.1) is 11.4 Å². The van der Waals surface area contributed by atoms with Gasteiger partial charge in [0, 0.05) is 6.07 Å². The third-order valence-electron chi connectivity index (χ3n) is 6.37. The number of nitrogens with zero attached hydrogens (tertiary/aromatic N) is 2. The van der Waals surface area contributed by atoms with Crippen molar-refractivity contribution in [1.29, 1.82) is 0 Å². The molecule has 0 fully saturated rings. The molecule has 3 rings (SSSR count). The van der Waals surface area contributed by atoms with E-state index in [0.717, 1.165) is 0 Å². The Morgan fingerprint density at radius 1 is 0.529 bits per heavy atom. The molecule has 28 heteroatoms. The van der Waals surface area contributed by atoms with Gasteiger partial charge in [-0.1, -0.05) is 46.4 Å². The standard InChI is InChI=1S/C23H3Cl4F17N2O5/c24-7-8(25)14(48)45(13(7)47)4-1-2-5(46-15(49)9(26)10(27)16(46)50)6(3-4)51-12(29)11(28)17(30,31)18(32,33)19(34,35)20(36,37)21(38,39)22(40,41)23(42,43)44/h1-3H. The lowest BCUT2D eigenvalue weighted by atomic mass is 9.91. The quantitative estimate of drug-likeness (QED) is 0.134. The summed E-state index contributed by atoms with van der Waals surface area (Å²) in [7, 11) is 0. The molecule has 2 heterocycles. The van der Waals surface area contributed by atoms with Crippen molar-refractivity contribution in [2.75, 3.05) is 9.80 Å². The Hall–Kier alpha value is -3.51. The van der Waals surface area contributed by atoms with E-state index < -0.39 is 114 Å². The molecule has 2 aliphatic rings. The van der Waals surface area contributed by atoms with E-state index in [1.165, 1.54) is 0 Å². The molecule has 2 aliphatic heterocycles. The van der Waals surface area contributed by atoms with Crippen LogP contribution < -0.4 is 14.5 Å². The number of amides is 4. The van der Waals surface area contributed by atoms with Gasteiger partial charge in [-0.2, -0.15) is 74.6 Å². The summed E-state index contributed by atoms with van der Waals surface area (Å²) in [5, 5.41) is -4.38. The van der Waals surface area contributed by atoms with Crippen molar-refractivity contribution in [3.63, 3.8) is 0 Å². The Balaban J connectivity index is 2.20. The predicted octanol–water partition coefficient (Wildman–Crippen LogP) is 8.67. The third kappa shape index (κ3) is 5.84. The highest BCUT2D eigenvalue weighted by atomic mass is 35.5. The topological polar surface area (TPSA) is 84.0 Å². The van der Waals surface area contributed by atoms with Crippen LogP contribution in [0.15, 0.2) is 50.2 Å². The minimum Gasteiger partial charge on any atom is -0.427 e. The first kappa shape index (κ1) is 41.9. The number of carbonyl (C=O) groups is 4. The fourth-order valence-electron chi connectivity index (χ4n) is 3.68. The van der Waals surface area contributed by atoms with E-state index in [1.807, 2.05) is 0 Å². The van der Waals surface area contributed by atoms with Crippen molar-refractivity contribution in [2.24, 2.45) is 0 Å². The summed E-state index contributed by atoms with van der Waals surface area (Å²) >= 11 is 22.0. The number of hydrogen-bond acceptors (Lipinski definition) is 5. The molecule has 7 nitrogen and oxygen atoms in total. The number of allylic oxidation sites excluding steroid dienone is 1. The van der Waals surface area contributed by atoms with E-state index in [9.17, 15) is 93.8 Å². The number of benzene rings is 1. The molecule has 0 atom stereocenters. The summed E-state index contributed by atoms with van der Waals surface area (Å²) < 4.78 is 236. The van der Waals surface area contributed by atoms with Crippen molar-refractivity contribution >= 4 is 81.4 Å². The number of hydrogen-bond donors (Lipinski definition) is 0. The second kappa shape index (κ2) is 12.6. The van der Waals surface area contributed by atoms with Crippen LogP contribution in [0.5, 0.6) is 5.75 Å². The number of rotatable bonds is 10. The van der Waals surface area contributed by atoms with Crippen LogP contribution in [0.25, 0.3) is 0 Å². The lowest BCUT2D eigenvalue weighted by Gasteiger charge is -2.41. The lowest BCUT2D eigenvalue weighted by molar-refractivity contribution is -0.451. The number of alkyl halides is 15. The smallest absolute Gasteiger partial charge is 0.427 e. The second-order valence-corrected chi connectivity index (χ2v) is 10.9. The van der Waals surface area contributed by atoms with Gasteiger partial charge in [-0.3, -0.25) is 19.2 Å². The molecular formula is C23H3Cl4F17N2O5. The molecular weight excluding hydrogens is 849 g/mol. The molecule has 51 heavy (non-hydrogen) atoms. The van der Waals surface area contributed by atoms with Gasteiger partial charge in [-0.25, -0.2) is 9.80 Å². The first-order chi connectivity index (χ1) is 22.7. The van der Waals surface area contributed by atoms with Gasteiger partial charge in [0.25, 0.3) is 23.6 Å². The largest absolute Gasteiger partial charge is 0.460 e. The number of imide groups is 2. The molecule has 0 aliphatic carbocycles. The zero-order valence-corrected chi connectivity index (χ0v) is 25.6. The maximum Gasteiger partial charge on any atom is 0.460 e. The third-order valence-corrected chi connectivity index (χ3v) is 7.96. The zero-order chi connectivity index (χ0) is 40.0. The first-order valence-corrected chi connectivity index (χ1v) is 13.3. The molecule has 1 aromatic carbocycles. The Morgan fingerprint density at radius 2 is 0.882 bits per heavy atom. The molecule has 0 aromatic heterocycles. The summed E-state index contributed by atoms with van der Waals surface area (Å²) in [6, 6.07) is -3.23. The molecule has 0 N–H and O–H groups in total. The number of carbonyl (C=O) groups excluding carboxylic acids is 4. The normalized spacial score (nSPS) is 18.1. The summed E-state index contributed by atoms with van der Waals surface area (Å²) in [6.07, 6.45) is -7.93. The van der Waals surface area contributed by atoms with E-state index >= 15 is 0 Å². The Labute approximate surface area is 287 Å². The van der Waals surface area contributed by atoms with E-state index in [1.54, 1.807) is 0 Å². The summed E-state index contributed by atoms with van der Waals surface area (Å²) in [6.45, 7) is 0. The van der Waals surface area contributed by atoms with Crippen LogP contribution in [0.4, 0.5) is 86.0 Å². The second-order valence-electron chi connectivity index (χ2n) is 9.43. The molecule has 0 bridgehead atoms. The van der Waals surface area contributed by atoms with Gasteiger partial charge in [0.2, 0.25) is 5.83 Å². The van der Waals surface area contributed by atoms with Crippen LogP contribution >= 0.6 is 46.4 Å². The molecule has 0 saturated heterocycles.